The number of ether oxygens (including phenoxy) is 1. The van der Waals surface area contributed by atoms with Crippen LogP contribution in [-0.2, 0) is 0 Å². The fraction of sp³-hybridized carbons (Fsp3) is 0.154. The molecule has 0 atom stereocenters. The lowest BCUT2D eigenvalue weighted by Crippen LogP contribution is -2.13. The molecule has 4 nitrogen and oxygen atoms in total. The highest BCUT2D eigenvalue weighted by Gasteiger charge is 2.11. The first kappa shape index (κ1) is 22.2. The molecule has 1 N–H and O–H groups in total. The molecular formula is C26H26N2O2S. The minimum Gasteiger partial charge on any atom is -0.497 e. The van der Waals surface area contributed by atoms with Crippen LogP contribution in [0.5, 0.6) is 5.75 Å². The van der Waals surface area contributed by atoms with Crippen molar-refractivity contribution >= 4 is 22.9 Å². The van der Waals surface area contributed by atoms with Crippen molar-refractivity contribution in [3.05, 3.63) is 89.3 Å². The molecule has 0 aliphatic rings. The SMILES string of the molecule is CC.COc1ccc(C(=O)Nc2ccc(-c3csc(-c4ccccc4)n3)cc2)c(C)c1. The fourth-order valence-electron chi connectivity index (χ4n) is 3.06. The van der Waals surface area contributed by atoms with Crippen LogP contribution in [0.3, 0.4) is 0 Å². The van der Waals surface area contributed by atoms with Gasteiger partial charge in [-0.2, -0.15) is 0 Å². The van der Waals surface area contributed by atoms with Gasteiger partial charge in [0.25, 0.3) is 5.91 Å². The molecule has 0 bridgehead atoms. The largest absolute Gasteiger partial charge is 0.497 e. The topological polar surface area (TPSA) is 51.2 Å². The van der Waals surface area contributed by atoms with E-state index in [1.807, 2.05) is 69.3 Å². The Morgan fingerprint density at radius 3 is 2.29 bits per heavy atom. The van der Waals surface area contributed by atoms with Crippen LogP contribution in [0, 0.1) is 6.92 Å². The van der Waals surface area contributed by atoms with Gasteiger partial charge in [0.05, 0.1) is 12.8 Å². The molecule has 4 rings (SSSR count). The molecule has 0 fully saturated rings. The zero-order valence-corrected chi connectivity index (χ0v) is 19.0. The van der Waals surface area contributed by atoms with Crippen molar-refractivity contribution < 1.29 is 9.53 Å². The Balaban J connectivity index is 0.00000132. The molecule has 0 radical (unpaired) electrons. The Kier molecular flexibility index (Phi) is 7.57. The summed E-state index contributed by atoms with van der Waals surface area (Å²) in [7, 11) is 1.61. The second-order valence-corrected chi connectivity index (χ2v) is 7.47. The average Bonchev–Trinajstić information content (AvgIpc) is 3.31. The Hall–Kier alpha value is -3.44. The minimum absolute atomic E-state index is 0.141. The Bertz CT molecular complexity index is 1140. The van der Waals surface area contributed by atoms with Crippen molar-refractivity contribution in [3.8, 4) is 27.6 Å². The van der Waals surface area contributed by atoms with Gasteiger partial charge in [-0.1, -0.05) is 56.3 Å². The standard InChI is InChI=1S/C24H20N2O2S.C2H6/c1-16-14-20(28-2)12-13-21(16)23(27)25-19-10-8-17(9-11-19)22-15-29-24(26-22)18-6-4-3-5-7-18;1-2/h3-15H,1-2H3,(H,25,27);1-2H3. The molecule has 31 heavy (non-hydrogen) atoms. The number of carbonyl (C=O) groups is 1. The van der Waals surface area contributed by atoms with E-state index in [-0.39, 0.29) is 5.91 Å². The number of nitrogens with one attached hydrogen (secondary N) is 1. The summed E-state index contributed by atoms with van der Waals surface area (Å²) in [5.41, 5.74) is 5.30. The molecule has 1 aromatic heterocycles. The number of benzene rings is 3. The van der Waals surface area contributed by atoms with E-state index in [0.717, 1.165) is 38.8 Å². The molecule has 1 amide bonds. The molecule has 0 aliphatic heterocycles. The van der Waals surface area contributed by atoms with Crippen LogP contribution in [-0.4, -0.2) is 18.0 Å². The summed E-state index contributed by atoms with van der Waals surface area (Å²) in [6.07, 6.45) is 0. The highest BCUT2D eigenvalue weighted by molar-refractivity contribution is 7.13. The molecule has 0 aliphatic carbocycles. The van der Waals surface area contributed by atoms with Crippen LogP contribution >= 0.6 is 11.3 Å². The van der Waals surface area contributed by atoms with Crippen molar-refractivity contribution in [1.29, 1.82) is 0 Å². The van der Waals surface area contributed by atoms with E-state index in [9.17, 15) is 4.79 Å². The van der Waals surface area contributed by atoms with Crippen molar-refractivity contribution in [3.63, 3.8) is 0 Å². The molecular weight excluding hydrogens is 404 g/mol. The van der Waals surface area contributed by atoms with Crippen LogP contribution in [0.25, 0.3) is 21.8 Å². The monoisotopic (exact) mass is 430 g/mol. The lowest BCUT2D eigenvalue weighted by molar-refractivity contribution is 0.102. The Labute approximate surface area is 187 Å². The highest BCUT2D eigenvalue weighted by Crippen LogP contribution is 2.29. The van der Waals surface area contributed by atoms with Crippen LogP contribution in [0.15, 0.2) is 78.2 Å². The number of aryl methyl sites for hydroxylation is 1. The first-order chi connectivity index (χ1) is 15.1. The summed E-state index contributed by atoms with van der Waals surface area (Å²) >= 11 is 1.62. The maximum absolute atomic E-state index is 12.6. The lowest BCUT2D eigenvalue weighted by Gasteiger charge is -2.09. The normalized spacial score (nSPS) is 10.1. The number of hydrogen-bond acceptors (Lipinski definition) is 4. The van der Waals surface area contributed by atoms with Crippen LogP contribution < -0.4 is 10.1 Å². The maximum Gasteiger partial charge on any atom is 0.255 e. The number of rotatable bonds is 5. The predicted octanol–water partition coefficient (Wildman–Crippen LogP) is 7.07. The minimum atomic E-state index is -0.141. The van der Waals surface area contributed by atoms with Crippen molar-refractivity contribution in [2.24, 2.45) is 0 Å². The van der Waals surface area contributed by atoms with Crippen molar-refractivity contribution in [2.45, 2.75) is 20.8 Å². The van der Waals surface area contributed by atoms with Crippen LogP contribution in [0.2, 0.25) is 0 Å². The van der Waals surface area contributed by atoms with Gasteiger partial charge in [0.2, 0.25) is 0 Å². The van der Waals surface area contributed by atoms with Gasteiger partial charge in [-0.3, -0.25) is 4.79 Å². The smallest absolute Gasteiger partial charge is 0.255 e. The Morgan fingerprint density at radius 1 is 0.935 bits per heavy atom. The molecule has 0 spiro atoms. The van der Waals surface area contributed by atoms with E-state index >= 15 is 0 Å². The number of hydrogen-bond donors (Lipinski definition) is 1. The molecule has 1 heterocycles. The molecule has 4 aromatic rings. The van der Waals surface area contributed by atoms with Crippen molar-refractivity contribution in [1.82, 2.24) is 4.98 Å². The number of nitrogens with zero attached hydrogens (tertiary/aromatic N) is 1. The maximum atomic E-state index is 12.6. The molecule has 3 aromatic carbocycles. The van der Waals surface area contributed by atoms with Gasteiger partial charge in [0.1, 0.15) is 10.8 Å². The highest BCUT2D eigenvalue weighted by atomic mass is 32.1. The zero-order chi connectivity index (χ0) is 22.2. The molecule has 0 unspecified atom stereocenters. The van der Waals surface area contributed by atoms with Gasteiger partial charge in [-0.25, -0.2) is 4.98 Å². The third-order valence-electron chi connectivity index (χ3n) is 4.64. The van der Waals surface area contributed by atoms with Crippen LogP contribution in [0.1, 0.15) is 29.8 Å². The summed E-state index contributed by atoms with van der Waals surface area (Å²) in [5.74, 6) is 0.597. The van der Waals surface area contributed by atoms with E-state index in [4.69, 9.17) is 9.72 Å². The number of methoxy groups -OCH3 is 1. The summed E-state index contributed by atoms with van der Waals surface area (Å²) < 4.78 is 5.20. The molecule has 0 saturated heterocycles. The van der Waals surface area contributed by atoms with Crippen LogP contribution in [0.4, 0.5) is 5.69 Å². The van der Waals surface area contributed by atoms with Gasteiger partial charge in [0.15, 0.2) is 0 Å². The second kappa shape index (κ2) is 10.5. The van der Waals surface area contributed by atoms with E-state index in [2.05, 4.69) is 22.8 Å². The van der Waals surface area contributed by atoms with E-state index in [0.29, 0.717) is 5.56 Å². The second-order valence-electron chi connectivity index (χ2n) is 6.62. The number of amides is 1. The third-order valence-corrected chi connectivity index (χ3v) is 5.53. The van der Waals surface area contributed by atoms with Gasteiger partial charge in [0, 0.05) is 27.8 Å². The van der Waals surface area contributed by atoms with Gasteiger partial charge >= 0.3 is 0 Å². The van der Waals surface area contributed by atoms with Crippen molar-refractivity contribution in [2.75, 3.05) is 12.4 Å². The number of aromatic nitrogens is 1. The average molecular weight is 431 g/mol. The number of anilines is 1. The molecule has 5 heteroatoms. The van der Waals surface area contributed by atoms with E-state index in [1.54, 1.807) is 30.6 Å². The number of carbonyl (C=O) groups excluding carboxylic acids is 1. The van der Waals surface area contributed by atoms with E-state index < -0.39 is 0 Å². The fourth-order valence-corrected chi connectivity index (χ4v) is 3.90. The predicted molar refractivity (Wildman–Crippen MR) is 130 cm³/mol. The third kappa shape index (κ3) is 5.38. The quantitative estimate of drug-likeness (QED) is 0.368. The molecule has 158 valence electrons. The Morgan fingerprint density at radius 2 is 1.65 bits per heavy atom. The van der Waals surface area contributed by atoms with E-state index in [1.165, 1.54) is 0 Å². The first-order valence-electron chi connectivity index (χ1n) is 10.2. The van der Waals surface area contributed by atoms with Gasteiger partial charge < -0.3 is 10.1 Å². The summed E-state index contributed by atoms with van der Waals surface area (Å²) in [6.45, 7) is 5.90. The molecule has 0 saturated carbocycles. The number of thiazole rings is 1. The summed E-state index contributed by atoms with van der Waals surface area (Å²) in [6, 6.07) is 23.3. The zero-order valence-electron chi connectivity index (χ0n) is 18.2. The van der Waals surface area contributed by atoms with Gasteiger partial charge in [-0.05, 0) is 42.8 Å². The lowest BCUT2D eigenvalue weighted by atomic mass is 10.1. The summed E-state index contributed by atoms with van der Waals surface area (Å²) in [5, 5.41) is 5.99. The van der Waals surface area contributed by atoms with Gasteiger partial charge in [-0.15, -0.1) is 11.3 Å². The summed E-state index contributed by atoms with van der Waals surface area (Å²) in [4.78, 5) is 17.3. The first-order valence-corrected chi connectivity index (χ1v) is 11.1.